The smallest absolute Gasteiger partial charge is 0.143 e. The molecule has 5 heteroatoms. The Morgan fingerprint density at radius 1 is 0.673 bits per heavy atom. The predicted molar refractivity (Wildman–Crippen MR) is 196 cm³/mol. The molecule has 5 aromatic carbocycles. The number of β-amino-alcohol motifs (C(OH)–C–C–N with tert-alkyl or cyclic N) is 1. The lowest BCUT2D eigenvalue weighted by Gasteiger charge is -2.44. The molecule has 254 valence electrons. The third kappa shape index (κ3) is 8.56. The first-order valence-electron chi connectivity index (χ1n) is 17.5. The molecule has 49 heavy (non-hydrogen) atoms. The fourth-order valence-corrected chi connectivity index (χ4v) is 7.38. The van der Waals surface area contributed by atoms with Gasteiger partial charge in [-0.05, 0) is 33.4 Å². The van der Waals surface area contributed by atoms with Gasteiger partial charge < -0.3 is 19.3 Å². The highest BCUT2D eigenvalue weighted by molar-refractivity contribution is 5.47. The first kappa shape index (κ1) is 34.8. The highest BCUT2D eigenvalue weighted by Gasteiger charge is 2.42. The van der Waals surface area contributed by atoms with Crippen molar-refractivity contribution in [2.24, 2.45) is 11.8 Å². The second kappa shape index (κ2) is 17.0. The summed E-state index contributed by atoms with van der Waals surface area (Å²) in [5, 5.41) is 11.9. The first-order chi connectivity index (χ1) is 24.1. The molecule has 1 heterocycles. The zero-order valence-electron chi connectivity index (χ0n) is 28.7. The van der Waals surface area contributed by atoms with E-state index in [4.69, 9.17) is 14.2 Å². The van der Waals surface area contributed by atoms with Crippen LogP contribution in [-0.2, 0) is 33.0 Å². The van der Waals surface area contributed by atoms with E-state index in [1.54, 1.807) is 7.11 Å². The summed E-state index contributed by atoms with van der Waals surface area (Å²) in [5.74, 6) is 0.278. The second-order valence-electron chi connectivity index (χ2n) is 13.4. The quantitative estimate of drug-likeness (QED) is 0.116. The number of piperidine rings is 1. The molecule has 0 aromatic heterocycles. The van der Waals surface area contributed by atoms with Crippen LogP contribution in [0.5, 0.6) is 0 Å². The van der Waals surface area contributed by atoms with Gasteiger partial charge in [-0.2, -0.15) is 0 Å². The first-order valence-corrected chi connectivity index (χ1v) is 17.5. The topological polar surface area (TPSA) is 51.2 Å². The van der Waals surface area contributed by atoms with Crippen LogP contribution in [0.2, 0.25) is 0 Å². The fourth-order valence-electron chi connectivity index (χ4n) is 7.38. The predicted octanol–water partition coefficient (Wildman–Crippen LogP) is 8.07. The van der Waals surface area contributed by atoms with E-state index in [0.717, 1.165) is 40.9 Å². The average Bonchev–Trinajstić information content (AvgIpc) is 3.14. The Kier molecular flexibility index (Phi) is 12.1. The SMILES string of the molecule is COC[C@H](C)COCc1ccc([C@H]2[C@H](COC(c3ccccc3)(c3ccccc3)c3ccccc3)CN(Cc3ccccc3)C[C@@H]2O)cc1. The molecule has 1 saturated heterocycles. The maximum atomic E-state index is 11.9. The molecule has 0 unspecified atom stereocenters. The molecule has 1 fully saturated rings. The molecule has 4 atom stereocenters. The van der Waals surface area contributed by atoms with Crippen LogP contribution in [0.15, 0.2) is 146 Å². The van der Waals surface area contributed by atoms with Crippen molar-refractivity contribution in [3.63, 3.8) is 0 Å². The molecule has 6 rings (SSSR count). The third-order valence-electron chi connectivity index (χ3n) is 9.65. The van der Waals surface area contributed by atoms with Crippen LogP contribution in [-0.4, -0.2) is 56.1 Å². The van der Waals surface area contributed by atoms with Gasteiger partial charge in [0.2, 0.25) is 0 Å². The summed E-state index contributed by atoms with van der Waals surface area (Å²) < 4.78 is 18.6. The van der Waals surface area contributed by atoms with Gasteiger partial charge in [0, 0.05) is 44.5 Å². The van der Waals surface area contributed by atoms with Crippen molar-refractivity contribution in [2.75, 3.05) is 40.0 Å². The van der Waals surface area contributed by atoms with Crippen LogP contribution < -0.4 is 0 Å². The minimum atomic E-state index is -0.831. The van der Waals surface area contributed by atoms with E-state index < -0.39 is 11.7 Å². The molecule has 1 N–H and O–H groups in total. The summed E-state index contributed by atoms with van der Waals surface area (Å²) in [6, 6.07) is 50.7. The van der Waals surface area contributed by atoms with E-state index in [0.29, 0.717) is 38.9 Å². The van der Waals surface area contributed by atoms with Crippen molar-refractivity contribution in [1.29, 1.82) is 0 Å². The van der Waals surface area contributed by atoms with Crippen LogP contribution in [0, 0.1) is 11.8 Å². The molecule has 0 amide bonds. The Balaban J connectivity index is 1.32. The van der Waals surface area contributed by atoms with E-state index in [9.17, 15) is 5.11 Å². The zero-order chi connectivity index (χ0) is 33.9. The standard InChI is InChI=1S/C44H49NO4/c1-34(30-47-2)31-48-32-36-23-25-37(26-24-36)43-38(28-45(29-42(43)46)27-35-15-7-3-8-16-35)33-49-44(39-17-9-4-10-18-39,40-19-11-5-12-20-40)41-21-13-6-14-22-41/h3-26,34,38,42-43,46H,27-33H2,1-2H3/t34-,38-,42-,43-/m0/s1. The molecule has 0 bridgehead atoms. The van der Waals surface area contributed by atoms with Crippen molar-refractivity contribution < 1.29 is 19.3 Å². The van der Waals surface area contributed by atoms with E-state index >= 15 is 0 Å². The van der Waals surface area contributed by atoms with Gasteiger partial charge in [0.05, 0.1) is 32.5 Å². The monoisotopic (exact) mass is 655 g/mol. The summed E-state index contributed by atoms with van der Waals surface area (Å²) in [7, 11) is 1.72. The van der Waals surface area contributed by atoms with Crippen molar-refractivity contribution in [2.45, 2.75) is 37.7 Å². The fraction of sp³-hybridized carbons (Fsp3) is 0.318. The van der Waals surface area contributed by atoms with E-state index in [1.165, 1.54) is 5.56 Å². The van der Waals surface area contributed by atoms with Gasteiger partial charge in [0.25, 0.3) is 0 Å². The maximum absolute atomic E-state index is 11.9. The minimum absolute atomic E-state index is 0.0277. The Morgan fingerprint density at radius 2 is 1.20 bits per heavy atom. The van der Waals surface area contributed by atoms with Crippen LogP contribution in [0.1, 0.15) is 46.2 Å². The van der Waals surface area contributed by atoms with Crippen LogP contribution in [0.25, 0.3) is 0 Å². The summed E-state index contributed by atoms with van der Waals surface area (Å²) in [6.07, 6.45) is -0.553. The molecule has 1 aliphatic heterocycles. The van der Waals surface area contributed by atoms with Gasteiger partial charge in [-0.25, -0.2) is 0 Å². The molecule has 5 nitrogen and oxygen atoms in total. The molecular formula is C44H49NO4. The summed E-state index contributed by atoms with van der Waals surface area (Å²) >= 11 is 0. The van der Waals surface area contributed by atoms with Crippen molar-refractivity contribution in [3.8, 4) is 0 Å². The molecule has 5 aromatic rings. The van der Waals surface area contributed by atoms with Gasteiger partial charge >= 0.3 is 0 Å². The largest absolute Gasteiger partial charge is 0.391 e. The van der Waals surface area contributed by atoms with E-state index in [-0.39, 0.29) is 11.8 Å². The van der Waals surface area contributed by atoms with Gasteiger partial charge in [-0.3, -0.25) is 4.90 Å². The number of methoxy groups -OCH3 is 1. The number of likely N-dealkylation sites (tertiary alicyclic amines) is 1. The van der Waals surface area contributed by atoms with Crippen molar-refractivity contribution in [3.05, 3.63) is 179 Å². The maximum Gasteiger partial charge on any atom is 0.143 e. The van der Waals surface area contributed by atoms with Gasteiger partial charge in [0.1, 0.15) is 5.60 Å². The molecule has 0 saturated carbocycles. The van der Waals surface area contributed by atoms with Crippen LogP contribution in [0.3, 0.4) is 0 Å². The summed E-state index contributed by atoms with van der Waals surface area (Å²) in [6.45, 7) is 6.64. The Labute approximate surface area is 292 Å². The number of hydrogen-bond donors (Lipinski definition) is 1. The Morgan fingerprint density at radius 3 is 1.73 bits per heavy atom. The van der Waals surface area contributed by atoms with Crippen LogP contribution in [0.4, 0.5) is 0 Å². The number of nitrogens with zero attached hydrogens (tertiary/aromatic N) is 1. The van der Waals surface area contributed by atoms with E-state index in [1.807, 2.05) is 24.3 Å². The summed E-state index contributed by atoms with van der Waals surface area (Å²) in [4.78, 5) is 2.38. The number of aliphatic hydroxyl groups is 1. The highest BCUT2D eigenvalue weighted by Crippen LogP contribution is 2.43. The second-order valence-corrected chi connectivity index (χ2v) is 13.4. The van der Waals surface area contributed by atoms with Crippen molar-refractivity contribution in [1.82, 2.24) is 4.90 Å². The Bertz CT molecular complexity index is 1570. The number of benzene rings is 5. The highest BCUT2D eigenvalue weighted by atomic mass is 16.5. The lowest BCUT2D eigenvalue weighted by atomic mass is 9.77. The van der Waals surface area contributed by atoms with Crippen LogP contribution >= 0.6 is 0 Å². The molecule has 0 radical (unpaired) electrons. The van der Waals surface area contributed by atoms with E-state index in [2.05, 4.69) is 133 Å². The molecular weight excluding hydrogens is 606 g/mol. The molecule has 1 aliphatic rings. The van der Waals surface area contributed by atoms with Gasteiger partial charge in [-0.15, -0.1) is 0 Å². The third-order valence-corrected chi connectivity index (χ3v) is 9.65. The number of aliphatic hydroxyl groups excluding tert-OH is 1. The normalized spacial score (nSPS) is 19.0. The lowest BCUT2D eigenvalue weighted by Crippen LogP contribution is -2.50. The number of hydrogen-bond acceptors (Lipinski definition) is 5. The van der Waals surface area contributed by atoms with Gasteiger partial charge in [-0.1, -0.05) is 153 Å². The zero-order valence-corrected chi connectivity index (χ0v) is 28.7. The van der Waals surface area contributed by atoms with Gasteiger partial charge in [0.15, 0.2) is 0 Å². The molecule has 0 aliphatic carbocycles. The molecule has 0 spiro atoms. The Hall–Kier alpha value is -4.10. The minimum Gasteiger partial charge on any atom is -0.391 e. The number of rotatable bonds is 15. The van der Waals surface area contributed by atoms with Crippen molar-refractivity contribution >= 4 is 0 Å². The average molecular weight is 656 g/mol. The number of ether oxygens (including phenoxy) is 3. The lowest BCUT2D eigenvalue weighted by molar-refractivity contribution is -0.0570. The summed E-state index contributed by atoms with van der Waals surface area (Å²) in [5.41, 5.74) is 5.88.